The molecule has 0 spiro atoms. The van der Waals surface area contributed by atoms with Crippen LogP contribution in [0.4, 0.5) is 0 Å². The fourth-order valence-corrected chi connectivity index (χ4v) is 1.96. The second kappa shape index (κ2) is 5.12. The molecule has 19 heavy (non-hydrogen) atoms. The summed E-state index contributed by atoms with van der Waals surface area (Å²) < 4.78 is 4.69. The molecule has 2 rings (SSSR count). The van der Waals surface area contributed by atoms with Crippen molar-refractivity contribution in [1.82, 2.24) is 0 Å². The van der Waals surface area contributed by atoms with E-state index in [-0.39, 0.29) is 11.3 Å². The normalized spacial score (nSPS) is 13.6. The lowest BCUT2D eigenvalue weighted by Crippen LogP contribution is -2.37. The van der Waals surface area contributed by atoms with E-state index >= 15 is 0 Å². The third-order valence-corrected chi connectivity index (χ3v) is 2.94. The lowest BCUT2D eigenvalue weighted by molar-refractivity contribution is -0.158. The third kappa shape index (κ3) is 2.30. The van der Waals surface area contributed by atoms with Crippen molar-refractivity contribution in [1.29, 1.82) is 0 Å². The van der Waals surface area contributed by atoms with Crippen molar-refractivity contribution in [3.63, 3.8) is 0 Å². The van der Waals surface area contributed by atoms with E-state index in [0.29, 0.717) is 5.56 Å². The predicted octanol–water partition coefficient (Wildman–Crippen LogP) is 1.80. The van der Waals surface area contributed by atoms with Crippen LogP contribution in [-0.2, 0) is 15.1 Å². The highest BCUT2D eigenvalue weighted by molar-refractivity contribution is 5.85. The van der Waals surface area contributed by atoms with Gasteiger partial charge in [-0.2, -0.15) is 0 Å². The molecule has 0 heterocycles. The Morgan fingerprint density at radius 1 is 1.05 bits per heavy atom. The second-order valence-corrected chi connectivity index (χ2v) is 4.12. The Morgan fingerprint density at radius 3 is 2.26 bits per heavy atom. The van der Waals surface area contributed by atoms with E-state index in [2.05, 4.69) is 0 Å². The third-order valence-electron chi connectivity index (χ3n) is 2.94. The summed E-state index contributed by atoms with van der Waals surface area (Å²) in [6, 6.07) is 14.4. The minimum atomic E-state index is -1.94. The number of methoxy groups -OCH3 is 1. The van der Waals surface area contributed by atoms with Crippen molar-refractivity contribution in [2.75, 3.05) is 7.11 Å². The largest absolute Gasteiger partial charge is 0.508 e. The van der Waals surface area contributed by atoms with Crippen LogP contribution in [-0.4, -0.2) is 23.3 Å². The molecule has 98 valence electrons. The maximum absolute atomic E-state index is 12.0. The van der Waals surface area contributed by atoms with E-state index in [0.717, 1.165) is 0 Å². The van der Waals surface area contributed by atoms with Crippen molar-refractivity contribution in [3.8, 4) is 5.75 Å². The molecule has 0 bridgehead atoms. The van der Waals surface area contributed by atoms with Gasteiger partial charge in [-0.3, -0.25) is 0 Å². The van der Waals surface area contributed by atoms with Crippen LogP contribution in [0.15, 0.2) is 54.6 Å². The van der Waals surface area contributed by atoms with Crippen LogP contribution >= 0.6 is 0 Å². The van der Waals surface area contributed by atoms with Crippen molar-refractivity contribution in [3.05, 3.63) is 65.7 Å². The molecule has 0 aromatic heterocycles. The zero-order chi connectivity index (χ0) is 13.9. The standard InChI is InChI=1S/C15H14O4/c1-19-14(17)15(18,11-6-3-2-4-7-11)12-8-5-9-13(16)10-12/h2-10,16,18H,1H3. The molecule has 2 aromatic carbocycles. The average molecular weight is 258 g/mol. The molecule has 0 amide bonds. The molecule has 4 heteroatoms. The highest BCUT2D eigenvalue weighted by Crippen LogP contribution is 2.32. The van der Waals surface area contributed by atoms with Gasteiger partial charge in [0.15, 0.2) is 0 Å². The molecule has 2 aromatic rings. The van der Waals surface area contributed by atoms with Crippen molar-refractivity contribution in [2.45, 2.75) is 5.60 Å². The van der Waals surface area contributed by atoms with Crippen LogP contribution in [0, 0.1) is 0 Å². The van der Waals surface area contributed by atoms with E-state index < -0.39 is 11.6 Å². The maximum Gasteiger partial charge on any atom is 0.347 e. The van der Waals surface area contributed by atoms with E-state index in [4.69, 9.17) is 4.74 Å². The first-order valence-corrected chi connectivity index (χ1v) is 5.75. The molecule has 0 saturated carbocycles. The van der Waals surface area contributed by atoms with Crippen LogP contribution in [0.5, 0.6) is 5.75 Å². The molecule has 0 fully saturated rings. The lowest BCUT2D eigenvalue weighted by Gasteiger charge is -2.26. The Hall–Kier alpha value is -2.33. The molecule has 1 unspecified atom stereocenters. The van der Waals surface area contributed by atoms with E-state index in [1.807, 2.05) is 0 Å². The predicted molar refractivity (Wildman–Crippen MR) is 69.6 cm³/mol. The second-order valence-electron chi connectivity index (χ2n) is 4.12. The highest BCUT2D eigenvalue weighted by Gasteiger charge is 2.41. The number of hydrogen-bond acceptors (Lipinski definition) is 4. The van der Waals surface area contributed by atoms with Gasteiger partial charge in [-0.25, -0.2) is 4.79 Å². The summed E-state index contributed by atoms with van der Waals surface area (Å²) in [5.41, 5.74) is -1.30. The zero-order valence-corrected chi connectivity index (χ0v) is 10.4. The number of carbonyl (C=O) groups is 1. The number of rotatable bonds is 3. The molecule has 4 nitrogen and oxygen atoms in total. The summed E-state index contributed by atoms with van der Waals surface area (Å²) in [7, 11) is 1.21. The molecule has 2 N–H and O–H groups in total. The number of aromatic hydroxyl groups is 1. The van der Waals surface area contributed by atoms with Gasteiger partial charge in [0.2, 0.25) is 5.60 Å². The minimum absolute atomic E-state index is 0.0317. The van der Waals surface area contributed by atoms with Gasteiger partial charge in [-0.15, -0.1) is 0 Å². The number of benzene rings is 2. The SMILES string of the molecule is COC(=O)C(O)(c1ccccc1)c1cccc(O)c1. The van der Waals surface area contributed by atoms with Gasteiger partial charge in [0.25, 0.3) is 0 Å². The van der Waals surface area contributed by atoms with Crippen LogP contribution in [0.2, 0.25) is 0 Å². The quantitative estimate of drug-likeness (QED) is 0.824. The monoisotopic (exact) mass is 258 g/mol. The van der Waals surface area contributed by atoms with E-state index in [1.54, 1.807) is 42.5 Å². The van der Waals surface area contributed by atoms with Gasteiger partial charge < -0.3 is 14.9 Å². The first-order valence-electron chi connectivity index (χ1n) is 5.75. The summed E-state index contributed by atoms with van der Waals surface area (Å²) >= 11 is 0. The summed E-state index contributed by atoms with van der Waals surface area (Å²) in [6.07, 6.45) is 0. The van der Waals surface area contributed by atoms with E-state index in [9.17, 15) is 15.0 Å². The lowest BCUT2D eigenvalue weighted by atomic mass is 9.86. The summed E-state index contributed by atoms with van der Waals surface area (Å²) in [6.45, 7) is 0. The van der Waals surface area contributed by atoms with Gasteiger partial charge in [0.1, 0.15) is 5.75 Å². The Kier molecular flexibility index (Phi) is 3.53. The Morgan fingerprint density at radius 2 is 1.68 bits per heavy atom. The summed E-state index contributed by atoms with van der Waals surface area (Å²) in [5.74, 6) is -0.833. The van der Waals surface area contributed by atoms with Crippen LogP contribution in [0.25, 0.3) is 0 Å². The van der Waals surface area contributed by atoms with Gasteiger partial charge in [-0.05, 0) is 17.7 Å². The number of phenolic OH excluding ortho intramolecular Hbond substituents is 1. The molecule has 0 aliphatic carbocycles. The zero-order valence-electron chi connectivity index (χ0n) is 10.4. The first kappa shape index (κ1) is 13.1. The molecular formula is C15H14O4. The molecule has 0 saturated heterocycles. The number of carbonyl (C=O) groups excluding carboxylic acids is 1. The first-order chi connectivity index (χ1) is 9.09. The Labute approximate surface area is 110 Å². The van der Waals surface area contributed by atoms with Gasteiger partial charge in [0, 0.05) is 5.56 Å². The number of aliphatic hydroxyl groups is 1. The maximum atomic E-state index is 12.0. The van der Waals surface area contributed by atoms with Crippen molar-refractivity contribution in [2.24, 2.45) is 0 Å². The number of esters is 1. The number of phenols is 1. The van der Waals surface area contributed by atoms with Gasteiger partial charge in [-0.1, -0.05) is 42.5 Å². The van der Waals surface area contributed by atoms with Crippen LogP contribution < -0.4 is 0 Å². The Balaban J connectivity index is 2.62. The summed E-state index contributed by atoms with van der Waals surface area (Å²) in [4.78, 5) is 12.0. The molecule has 1 atom stereocenters. The minimum Gasteiger partial charge on any atom is -0.508 e. The van der Waals surface area contributed by atoms with Crippen molar-refractivity contribution >= 4 is 5.97 Å². The van der Waals surface area contributed by atoms with Crippen molar-refractivity contribution < 1.29 is 19.7 Å². The number of hydrogen-bond donors (Lipinski definition) is 2. The fraction of sp³-hybridized carbons (Fsp3) is 0.133. The Bertz CT molecular complexity index is 580. The molecular weight excluding hydrogens is 244 g/mol. The van der Waals surface area contributed by atoms with E-state index in [1.165, 1.54) is 19.2 Å². The molecule has 0 aliphatic heterocycles. The highest BCUT2D eigenvalue weighted by atomic mass is 16.5. The average Bonchev–Trinajstić information content (AvgIpc) is 2.46. The van der Waals surface area contributed by atoms with Crippen LogP contribution in [0.1, 0.15) is 11.1 Å². The summed E-state index contributed by atoms with van der Waals surface area (Å²) in [5, 5.41) is 20.3. The van der Waals surface area contributed by atoms with Crippen LogP contribution in [0.3, 0.4) is 0 Å². The smallest absolute Gasteiger partial charge is 0.347 e. The van der Waals surface area contributed by atoms with Gasteiger partial charge in [0.05, 0.1) is 7.11 Å². The molecule has 0 radical (unpaired) electrons. The van der Waals surface area contributed by atoms with Gasteiger partial charge >= 0.3 is 5.97 Å². The molecule has 0 aliphatic rings. The fourth-order valence-electron chi connectivity index (χ4n) is 1.96. The topological polar surface area (TPSA) is 66.8 Å². The number of ether oxygens (including phenoxy) is 1.